The van der Waals surface area contributed by atoms with Gasteiger partial charge in [0.2, 0.25) is 5.78 Å². The van der Waals surface area contributed by atoms with Crippen LogP contribution in [0.5, 0.6) is 0 Å². The molecular formula is C18H21NO9S. The fourth-order valence-electron chi connectivity index (χ4n) is 2.27. The van der Waals surface area contributed by atoms with E-state index in [9.17, 15) is 32.4 Å². The Morgan fingerprint density at radius 1 is 1.03 bits per heavy atom. The van der Waals surface area contributed by atoms with Crippen molar-refractivity contribution in [1.29, 1.82) is 0 Å². The number of methoxy groups -OCH3 is 2. The molecule has 1 rings (SSSR count). The zero-order valence-corrected chi connectivity index (χ0v) is 16.9. The zero-order chi connectivity index (χ0) is 22.2. The second-order valence-electron chi connectivity index (χ2n) is 5.99. The standard InChI is InChI=1S/C18H21NO9S/c1-11(20)12-5-4-6-13(9-12)19-16(22)15(21)10-29(25,26)8-7-14(17(23)27-2)18(24)28-3/h4-6,9,14H,7-8,10H2,1-3H3,(H,19,22). The van der Waals surface area contributed by atoms with Crippen LogP contribution in [-0.4, -0.2) is 63.6 Å². The van der Waals surface area contributed by atoms with Gasteiger partial charge in [0.1, 0.15) is 5.75 Å². The van der Waals surface area contributed by atoms with E-state index in [2.05, 4.69) is 14.8 Å². The van der Waals surface area contributed by atoms with Crippen molar-refractivity contribution >= 4 is 44.9 Å². The maximum absolute atomic E-state index is 12.1. The summed E-state index contributed by atoms with van der Waals surface area (Å²) in [4.78, 5) is 58.4. The summed E-state index contributed by atoms with van der Waals surface area (Å²) in [6.07, 6.45) is -0.461. The van der Waals surface area contributed by atoms with Crippen molar-refractivity contribution in [3.05, 3.63) is 29.8 Å². The number of nitrogens with one attached hydrogen (secondary N) is 1. The summed E-state index contributed by atoms with van der Waals surface area (Å²) < 4.78 is 33.1. The number of carbonyl (C=O) groups is 5. The summed E-state index contributed by atoms with van der Waals surface area (Å²) in [6, 6.07) is 5.79. The fraction of sp³-hybridized carbons (Fsp3) is 0.389. The molecule has 0 aliphatic carbocycles. The Bertz CT molecular complexity index is 905. The highest BCUT2D eigenvalue weighted by atomic mass is 32.2. The highest BCUT2D eigenvalue weighted by Crippen LogP contribution is 2.13. The van der Waals surface area contributed by atoms with Crippen LogP contribution in [-0.2, 0) is 38.5 Å². The molecule has 0 aromatic heterocycles. The molecule has 0 saturated heterocycles. The number of sulfone groups is 1. The second-order valence-corrected chi connectivity index (χ2v) is 8.18. The van der Waals surface area contributed by atoms with Crippen LogP contribution in [0.2, 0.25) is 0 Å². The van der Waals surface area contributed by atoms with Gasteiger partial charge in [-0.15, -0.1) is 0 Å². The number of Topliss-reactive ketones (excluding diaryl/α,β-unsaturated/α-hetero) is 2. The molecule has 1 N–H and O–H groups in total. The van der Waals surface area contributed by atoms with Crippen molar-refractivity contribution in [2.24, 2.45) is 5.92 Å². The Hall–Kier alpha value is -3.08. The molecule has 1 aromatic rings. The Morgan fingerprint density at radius 3 is 2.14 bits per heavy atom. The van der Waals surface area contributed by atoms with E-state index in [0.29, 0.717) is 5.56 Å². The van der Waals surface area contributed by atoms with E-state index in [4.69, 9.17) is 0 Å². The molecule has 0 aliphatic heterocycles. The number of anilines is 1. The maximum Gasteiger partial charge on any atom is 0.320 e. The summed E-state index contributed by atoms with van der Waals surface area (Å²) in [5, 5.41) is 2.23. The summed E-state index contributed by atoms with van der Waals surface area (Å²) in [5.74, 6) is -7.87. The number of esters is 2. The highest BCUT2D eigenvalue weighted by molar-refractivity contribution is 7.92. The molecule has 1 amide bonds. The van der Waals surface area contributed by atoms with Crippen molar-refractivity contribution in [2.45, 2.75) is 13.3 Å². The number of hydrogen-bond acceptors (Lipinski definition) is 9. The van der Waals surface area contributed by atoms with Crippen molar-refractivity contribution in [3.63, 3.8) is 0 Å². The van der Waals surface area contributed by atoms with Crippen molar-refractivity contribution in [3.8, 4) is 0 Å². The fourth-order valence-corrected chi connectivity index (χ4v) is 3.54. The van der Waals surface area contributed by atoms with Crippen molar-refractivity contribution in [1.82, 2.24) is 0 Å². The summed E-state index contributed by atoms with van der Waals surface area (Å²) in [6.45, 7) is 1.33. The lowest BCUT2D eigenvalue weighted by Crippen LogP contribution is -2.33. The van der Waals surface area contributed by atoms with Gasteiger partial charge in [-0.2, -0.15) is 0 Å². The Balaban J connectivity index is 2.74. The number of hydrogen-bond donors (Lipinski definition) is 1. The average molecular weight is 427 g/mol. The van der Waals surface area contributed by atoms with E-state index in [1.165, 1.54) is 31.2 Å². The van der Waals surface area contributed by atoms with Crippen LogP contribution in [0.4, 0.5) is 5.69 Å². The van der Waals surface area contributed by atoms with E-state index < -0.39 is 57.3 Å². The Morgan fingerprint density at radius 2 is 1.62 bits per heavy atom. The molecular weight excluding hydrogens is 406 g/mol. The smallest absolute Gasteiger partial charge is 0.320 e. The number of ether oxygens (including phenoxy) is 2. The molecule has 0 spiro atoms. The minimum Gasteiger partial charge on any atom is -0.468 e. The third kappa shape index (κ3) is 7.45. The van der Waals surface area contributed by atoms with E-state index in [0.717, 1.165) is 14.2 Å². The van der Waals surface area contributed by atoms with Crippen molar-refractivity contribution < 1.29 is 41.9 Å². The predicted molar refractivity (Wildman–Crippen MR) is 101 cm³/mol. The van der Waals surface area contributed by atoms with Crippen LogP contribution in [0.25, 0.3) is 0 Å². The molecule has 1 aromatic carbocycles. The number of ketones is 2. The van der Waals surface area contributed by atoms with Crippen LogP contribution in [0, 0.1) is 5.92 Å². The van der Waals surface area contributed by atoms with Gasteiger partial charge >= 0.3 is 11.9 Å². The number of amides is 1. The molecule has 158 valence electrons. The topological polar surface area (TPSA) is 150 Å². The first-order chi connectivity index (χ1) is 13.5. The van der Waals surface area contributed by atoms with Crippen molar-refractivity contribution in [2.75, 3.05) is 31.0 Å². The molecule has 29 heavy (non-hydrogen) atoms. The second kappa shape index (κ2) is 10.5. The molecule has 0 saturated carbocycles. The van der Waals surface area contributed by atoms with Gasteiger partial charge in [0.15, 0.2) is 21.5 Å². The summed E-state index contributed by atoms with van der Waals surface area (Å²) in [5.41, 5.74) is 0.462. The molecule has 0 heterocycles. The third-order valence-corrected chi connectivity index (χ3v) is 5.38. The highest BCUT2D eigenvalue weighted by Gasteiger charge is 2.31. The SMILES string of the molecule is COC(=O)C(CCS(=O)(=O)CC(=O)C(=O)Nc1cccc(C(C)=O)c1)C(=O)OC. The zero-order valence-electron chi connectivity index (χ0n) is 16.1. The minimum absolute atomic E-state index is 0.157. The van der Waals surface area contributed by atoms with Gasteiger partial charge in [0.05, 0.1) is 20.0 Å². The van der Waals surface area contributed by atoms with Gasteiger partial charge in [0, 0.05) is 11.3 Å². The van der Waals surface area contributed by atoms with E-state index in [1.54, 1.807) is 0 Å². The number of benzene rings is 1. The van der Waals surface area contributed by atoms with Gasteiger partial charge in [-0.3, -0.25) is 24.0 Å². The van der Waals surface area contributed by atoms with Gasteiger partial charge in [-0.05, 0) is 25.5 Å². The quantitative estimate of drug-likeness (QED) is 0.238. The van der Waals surface area contributed by atoms with Crippen LogP contribution >= 0.6 is 0 Å². The summed E-state index contributed by atoms with van der Waals surface area (Å²) in [7, 11) is -2.04. The molecule has 0 unspecified atom stereocenters. The first kappa shape index (κ1) is 24.0. The van der Waals surface area contributed by atoms with Gasteiger partial charge in [-0.1, -0.05) is 12.1 Å². The molecule has 0 aliphatic rings. The normalized spacial score (nSPS) is 10.9. The van der Waals surface area contributed by atoms with Crippen LogP contribution in [0.15, 0.2) is 24.3 Å². The molecule has 0 atom stereocenters. The molecule has 0 fully saturated rings. The Labute approximate surface area is 167 Å². The lowest BCUT2D eigenvalue weighted by atomic mass is 10.1. The summed E-state index contributed by atoms with van der Waals surface area (Å²) >= 11 is 0. The molecule has 10 nitrogen and oxygen atoms in total. The maximum atomic E-state index is 12.1. The first-order valence-corrected chi connectivity index (χ1v) is 10.1. The molecule has 0 radical (unpaired) electrons. The van der Waals surface area contributed by atoms with Gasteiger partial charge < -0.3 is 14.8 Å². The van der Waals surface area contributed by atoms with E-state index in [1.807, 2.05) is 0 Å². The lowest BCUT2D eigenvalue weighted by molar-refractivity contribution is -0.158. The number of rotatable bonds is 10. The van der Waals surface area contributed by atoms with Crippen LogP contribution < -0.4 is 5.32 Å². The third-order valence-electron chi connectivity index (χ3n) is 3.82. The average Bonchev–Trinajstić information content (AvgIpc) is 2.67. The van der Waals surface area contributed by atoms with Crippen LogP contribution in [0.1, 0.15) is 23.7 Å². The monoisotopic (exact) mass is 427 g/mol. The van der Waals surface area contributed by atoms with Gasteiger partial charge in [-0.25, -0.2) is 8.42 Å². The predicted octanol–water partition coefficient (Wildman–Crippen LogP) is 0.164. The van der Waals surface area contributed by atoms with Gasteiger partial charge in [0.25, 0.3) is 5.91 Å². The molecule has 0 bridgehead atoms. The molecule has 11 heteroatoms. The minimum atomic E-state index is -4.10. The van der Waals surface area contributed by atoms with E-state index in [-0.39, 0.29) is 11.5 Å². The largest absolute Gasteiger partial charge is 0.468 e. The van der Waals surface area contributed by atoms with Crippen LogP contribution in [0.3, 0.4) is 0 Å². The lowest BCUT2D eigenvalue weighted by Gasteiger charge is -2.12. The van der Waals surface area contributed by atoms with E-state index >= 15 is 0 Å². The first-order valence-electron chi connectivity index (χ1n) is 8.32. The number of carbonyl (C=O) groups excluding carboxylic acids is 5. The Kier molecular flexibility index (Phi) is 8.64.